The number of carboxylic acid groups (broad SMARTS) is 1. The van der Waals surface area contributed by atoms with Gasteiger partial charge in [-0.3, -0.25) is 4.99 Å². The van der Waals surface area contributed by atoms with Gasteiger partial charge in [-0.05, 0) is 49.7 Å². The van der Waals surface area contributed by atoms with E-state index in [1.54, 1.807) is 37.3 Å². The molecule has 2 rings (SSSR count). The Morgan fingerprint density at radius 3 is 2.71 bits per heavy atom. The van der Waals surface area contributed by atoms with Crippen LogP contribution in [0.2, 0.25) is 0 Å². The Morgan fingerprint density at radius 2 is 2.08 bits per heavy atom. The molecule has 126 valence electrons. The number of aryl methyl sites for hydroxylation is 1. The van der Waals surface area contributed by atoms with E-state index in [4.69, 9.17) is 14.6 Å². The molecule has 0 aliphatic heterocycles. The van der Waals surface area contributed by atoms with E-state index in [-0.39, 0.29) is 11.6 Å². The Hall–Kier alpha value is -2.89. The van der Waals surface area contributed by atoms with Crippen LogP contribution in [0.5, 0.6) is 11.5 Å². The smallest absolute Gasteiger partial charge is 0.344 e. The van der Waals surface area contributed by atoms with Gasteiger partial charge >= 0.3 is 5.97 Å². The summed E-state index contributed by atoms with van der Waals surface area (Å²) in [5.41, 5.74) is 1.63. The molecule has 1 N–H and O–H groups in total. The van der Waals surface area contributed by atoms with E-state index in [1.165, 1.54) is 26.3 Å². The Kier molecular flexibility index (Phi) is 5.52. The summed E-state index contributed by atoms with van der Waals surface area (Å²) in [6.45, 7) is 3.09. The quantitative estimate of drug-likeness (QED) is 0.819. The number of carboxylic acids is 1. The summed E-state index contributed by atoms with van der Waals surface area (Å²) in [5.74, 6) is -0.688. The molecule has 0 spiro atoms. The average Bonchev–Trinajstić information content (AvgIpc) is 2.56. The molecule has 0 fully saturated rings. The van der Waals surface area contributed by atoms with Crippen molar-refractivity contribution in [2.75, 3.05) is 7.11 Å². The first-order valence-corrected chi connectivity index (χ1v) is 7.29. The van der Waals surface area contributed by atoms with Crippen molar-refractivity contribution in [2.24, 2.45) is 4.99 Å². The monoisotopic (exact) mass is 331 g/mol. The number of carbonyl (C=O) groups is 1. The topological polar surface area (TPSA) is 68.1 Å². The third-order valence-corrected chi connectivity index (χ3v) is 3.37. The van der Waals surface area contributed by atoms with E-state index >= 15 is 0 Å². The standard InChI is InChI=1S/C18H18FNO4/c1-11-9-14(7-8-15(11)19)20-10-13-5-4-6-16(23-3)17(13)24-12(2)18(21)22/h4-10,12H,1-3H3,(H,21,22)/t12-/m0/s1. The Morgan fingerprint density at radius 1 is 1.33 bits per heavy atom. The Labute approximate surface area is 139 Å². The minimum Gasteiger partial charge on any atom is -0.493 e. The second-order valence-electron chi connectivity index (χ2n) is 5.17. The van der Waals surface area contributed by atoms with Gasteiger partial charge in [0.15, 0.2) is 17.6 Å². The summed E-state index contributed by atoms with van der Waals surface area (Å²) in [4.78, 5) is 15.3. The van der Waals surface area contributed by atoms with E-state index < -0.39 is 12.1 Å². The highest BCUT2D eigenvalue weighted by atomic mass is 19.1. The SMILES string of the molecule is COc1cccc(C=Nc2ccc(F)c(C)c2)c1O[C@@H](C)C(=O)O. The first-order valence-electron chi connectivity index (χ1n) is 7.29. The molecule has 0 saturated carbocycles. The molecular formula is C18H18FNO4. The molecule has 0 bridgehead atoms. The molecule has 0 aliphatic rings. The van der Waals surface area contributed by atoms with Gasteiger partial charge in [0, 0.05) is 11.8 Å². The van der Waals surface area contributed by atoms with Crippen molar-refractivity contribution in [3.8, 4) is 11.5 Å². The molecule has 0 unspecified atom stereocenters. The number of nitrogens with zero attached hydrogens (tertiary/aromatic N) is 1. The lowest BCUT2D eigenvalue weighted by molar-refractivity contribution is -0.144. The molecule has 2 aromatic carbocycles. The van der Waals surface area contributed by atoms with Gasteiger partial charge in [0.1, 0.15) is 5.82 Å². The number of aliphatic imine (C=N–C) groups is 1. The molecule has 1 atom stereocenters. The van der Waals surface area contributed by atoms with Crippen molar-refractivity contribution >= 4 is 17.9 Å². The predicted octanol–water partition coefficient (Wildman–Crippen LogP) is 3.75. The fourth-order valence-corrected chi connectivity index (χ4v) is 2.00. The van der Waals surface area contributed by atoms with Crippen molar-refractivity contribution in [3.63, 3.8) is 0 Å². The molecule has 24 heavy (non-hydrogen) atoms. The normalized spacial score (nSPS) is 12.2. The van der Waals surface area contributed by atoms with Gasteiger partial charge in [-0.15, -0.1) is 0 Å². The predicted molar refractivity (Wildman–Crippen MR) is 89.1 cm³/mol. The van der Waals surface area contributed by atoms with E-state index in [1.807, 2.05) is 0 Å². The fourth-order valence-electron chi connectivity index (χ4n) is 2.00. The maximum atomic E-state index is 13.3. The number of benzene rings is 2. The van der Waals surface area contributed by atoms with Crippen LogP contribution < -0.4 is 9.47 Å². The van der Waals surface area contributed by atoms with Crippen LogP contribution in [0.15, 0.2) is 41.4 Å². The minimum absolute atomic E-state index is 0.289. The molecule has 6 heteroatoms. The van der Waals surface area contributed by atoms with Crippen molar-refractivity contribution in [1.82, 2.24) is 0 Å². The highest BCUT2D eigenvalue weighted by Crippen LogP contribution is 2.31. The van der Waals surface area contributed by atoms with E-state index in [9.17, 15) is 9.18 Å². The minimum atomic E-state index is -1.09. The van der Waals surface area contributed by atoms with Gasteiger partial charge in [0.2, 0.25) is 0 Å². The number of methoxy groups -OCH3 is 1. The molecule has 2 aromatic rings. The summed E-state index contributed by atoms with van der Waals surface area (Å²) >= 11 is 0. The average molecular weight is 331 g/mol. The lowest BCUT2D eigenvalue weighted by atomic mass is 10.2. The van der Waals surface area contributed by atoms with Gasteiger partial charge < -0.3 is 14.6 Å². The second-order valence-corrected chi connectivity index (χ2v) is 5.17. The largest absolute Gasteiger partial charge is 0.493 e. The molecular weight excluding hydrogens is 313 g/mol. The number of halogens is 1. The van der Waals surface area contributed by atoms with Crippen molar-refractivity contribution in [3.05, 3.63) is 53.3 Å². The Balaban J connectivity index is 2.36. The first-order chi connectivity index (χ1) is 11.4. The summed E-state index contributed by atoms with van der Waals surface area (Å²) in [6.07, 6.45) is 0.487. The lowest BCUT2D eigenvalue weighted by Gasteiger charge is -2.15. The van der Waals surface area contributed by atoms with E-state index in [2.05, 4.69) is 4.99 Å². The molecule has 0 radical (unpaired) electrons. The highest BCUT2D eigenvalue weighted by Gasteiger charge is 2.17. The number of aliphatic carboxylic acids is 1. The van der Waals surface area contributed by atoms with Gasteiger partial charge in [-0.25, -0.2) is 9.18 Å². The van der Waals surface area contributed by atoms with Crippen LogP contribution >= 0.6 is 0 Å². The summed E-state index contributed by atoms with van der Waals surface area (Å²) < 4.78 is 24.0. The third-order valence-electron chi connectivity index (χ3n) is 3.37. The Bertz CT molecular complexity index is 774. The maximum absolute atomic E-state index is 13.3. The van der Waals surface area contributed by atoms with Crippen LogP contribution in [0.4, 0.5) is 10.1 Å². The third kappa shape index (κ3) is 4.10. The van der Waals surface area contributed by atoms with Crippen LogP contribution in [0, 0.1) is 12.7 Å². The van der Waals surface area contributed by atoms with Crippen molar-refractivity contribution < 1.29 is 23.8 Å². The fraction of sp³-hybridized carbons (Fsp3) is 0.222. The van der Waals surface area contributed by atoms with Gasteiger partial charge in [-0.2, -0.15) is 0 Å². The molecule has 0 heterocycles. The van der Waals surface area contributed by atoms with Gasteiger partial charge in [0.05, 0.1) is 12.8 Å². The molecule has 0 saturated heterocycles. The number of hydrogen-bond acceptors (Lipinski definition) is 4. The van der Waals surface area contributed by atoms with Gasteiger partial charge in [0.25, 0.3) is 0 Å². The molecule has 0 aliphatic carbocycles. The highest BCUT2D eigenvalue weighted by molar-refractivity contribution is 5.87. The van der Waals surface area contributed by atoms with E-state index in [0.29, 0.717) is 22.6 Å². The molecule has 0 aromatic heterocycles. The van der Waals surface area contributed by atoms with Gasteiger partial charge in [-0.1, -0.05) is 6.07 Å². The second kappa shape index (κ2) is 7.59. The van der Waals surface area contributed by atoms with Crippen molar-refractivity contribution in [1.29, 1.82) is 0 Å². The molecule has 0 amide bonds. The lowest BCUT2D eigenvalue weighted by Crippen LogP contribution is -2.23. The van der Waals surface area contributed by atoms with E-state index in [0.717, 1.165) is 0 Å². The summed E-state index contributed by atoms with van der Waals surface area (Å²) in [5, 5.41) is 9.03. The summed E-state index contributed by atoms with van der Waals surface area (Å²) in [7, 11) is 1.47. The number of ether oxygens (including phenoxy) is 2. The number of rotatable bonds is 6. The molecule has 5 nitrogen and oxygen atoms in total. The van der Waals surface area contributed by atoms with Crippen LogP contribution in [0.25, 0.3) is 0 Å². The first kappa shape index (κ1) is 17.5. The zero-order chi connectivity index (χ0) is 17.7. The maximum Gasteiger partial charge on any atom is 0.344 e. The van der Waals surface area contributed by atoms with Crippen molar-refractivity contribution in [2.45, 2.75) is 20.0 Å². The van der Waals surface area contributed by atoms with Crippen LogP contribution in [-0.2, 0) is 4.79 Å². The van der Waals surface area contributed by atoms with Crippen LogP contribution in [0.1, 0.15) is 18.1 Å². The number of hydrogen-bond donors (Lipinski definition) is 1. The number of para-hydroxylation sites is 1. The zero-order valence-electron chi connectivity index (χ0n) is 13.6. The summed E-state index contributed by atoms with van der Waals surface area (Å²) in [6, 6.07) is 9.66. The zero-order valence-corrected chi connectivity index (χ0v) is 13.6. The van der Waals surface area contributed by atoms with Crippen LogP contribution in [-0.4, -0.2) is 30.5 Å². The van der Waals surface area contributed by atoms with Crippen LogP contribution in [0.3, 0.4) is 0 Å².